The van der Waals surface area contributed by atoms with E-state index in [9.17, 15) is 22.0 Å². The van der Waals surface area contributed by atoms with E-state index in [-0.39, 0.29) is 10.6 Å². The predicted molar refractivity (Wildman–Crippen MR) is 97.1 cm³/mol. The largest absolute Gasteiger partial charge is 0.483 e. The minimum absolute atomic E-state index is 0.0960. The number of sulfonamides is 1. The summed E-state index contributed by atoms with van der Waals surface area (Å²) < 4.78 is 58.4. The summed E-state index contributed by atoms with van der Waals surface area (Å²) in [6.45, 7) is 3.41. The maximum Gasteiger partial charge on any atom is 0.262 e. The zero-order valence-corrected chi connectivity index (χ0v) is 15.7. The Hall–Kier alpha value is -2.52. The van der Waals surface area contributed by atoms with Gasteiger partial charge in [0.25, 0.3) is 5.91 Å². The van der Waals surface area contributed by atoms with Gasteiger partial charge in [-0.15, -0.1) is 0 Å². The van der Waals surface area contributed by atoms with Crippen LogP contribution < -0.4 is 14.8 Å². The topological polar surface area (TPSA) is 84.5 Å². The van der Waals surface area contributed by atoms with E-state index in [2.05, 4.69) is 10.0 Å². The lowest BCUT2D eigenvalue weighted by atomic mass is 10.2. The predicted octanol–water partition coefficient (Wildman–Crippen LogP) is 2.98. The Morgan fingerprint density at radius 1 is 1.15 bits per heavy atom. The SMILES string of the molecule is CCCNS(=O)(=O)c1ccc(OCC(=O)Nc2ccc(F)cc2F)c(C)c1. The number of carbonyl (C=O) groups is 1. The molecule has 0 heterocycles. The summed E-state index contributed by atoms with van der Waals surface area (Å²) in [5.74, 6) is -1.96. The molecule has 146 valence electrons. The van der Waals surface area contributed by atoms with Crippen LogP contribution >= 0.6 is 0 Å². The van der Waals surface area contributed by atoms with Crippen molar-refractivity contribution in [2.24, 2.45) is 0 Å². The third-order valence-corrected chi connectivity index (χ3v) is 5.02. The smallest absolute Gasteiger partial charge is 0.262 e. The summed E-state index contributed by atoms with van der Waals surface area (Å²) in [4.78, 5) is 12.0. The van der Waals surface area contributed by atoms with E-state index in [1.807, 2.05) is 6.92 Å². The van der Waals surface area contributed by atoms with E-state index in [0.29, 0.717) is 30.3 Å². The second-order valence-corrected chi connectivity index (χ2v) is 7.55. The minimum atomic E-state index is -3.60. The maximum atomic E-state index is 13.5. The van der Waals surface area contributed by atoms with Gasteiger partial charge in [-0.05, 0) is 49.2 Å². The molecule has 0 aliphatic heterocycles. The van der Waals surface area contributed by atoms with Gasteiger partial charge in [0, 0.05) is 12.6 Å². The Kier molecular flexibility index (Phi) is 6.86. The van der Waals surface area contributed by atoms with Gasteiger partial charge in [-0.1, -0.05) is 6.92 Å². The highest BCUT2D eigenvalue weighted by Gasteiger charge is 2.15. The molecule has 0 fully saturated rings. The average Bonchev–Trinajstić information content (AvgIpc) is 2.61. The zero-order valence-electron chi connectivity index (χ0n) is 14.9. The molecule has 0 unspecified atom stereocenters. The fraction of sp³-hybridized carbons (Fsp3) is 0.278. The normalized spacial score (nSPS) is 11.3. The van der Waals surface area contributed by atoms with Crippen LogP contribution in [0.2, 0.25) is 0 Å². The molecule has 2 rings (SSSR count). The number of benzene rings is 2. The quantitative estimate of drug-likeness (QED) is 0.716. The lowest BCUT2D eigenvalue weighted by molar-refractivity contribution is -0.118. The van der Waals surface area contributed by atoms with Gasteiger partial charge in [0.1, 0.15) is 17.4 Å². The van der Waals surface area contributed by atoms with Crippen molar-refractivity contribution in [3.8, 4) is 5.75 Å². The number of halogens is 2. The summed E-state index contributed by atoms with van der Waals surface area (Å²) in [5.41, 5.74) is 0.361. The minimum Gasteiger partial charge on any atom is -0.483 e. The molecule has 0 aliphatic carbocycles. The van der Waals surface area contributed by atoms with Gasteiger partial charge in [-0.25, -0.2) is 21.9 Å². The first-order chi connectivity index (χ1) is 12.7. The average molecular weight is 398 g/mol. The zero-order chi connectivity index (χ0) is 20.0. The standard InChI is InChI=1S/C18H20F2N2O4S/c1-3-8-21-27(24,25)14-5-7-17(12(2)9-14)26-11-18(23)22-16-6-4-13(19)10-15(16)20/h4-7,9-10,21H,3,8,11H2,1-2H3,(H,22,23). The number of anilines is 1. The molecule has 0 saturated heterocycles. The fourth-order valence-electron chi connectivity index (χ4n) is 2.19. The first kappa shape index (κ1) is 20.8. The maximum absolute atomic E-state index is 13.5. The molecule has 27 heavy (non-hydrogen) atoms. The van der Waals surface area contributed by atoms with E-state index < -0.39 is 34.2 Å². The molecule has 0 atom stereocenters. The van der Waals surface area contributed by atoms with E-state index >= 15 is 0 Å². The summed E-state index contributed by atoms with van der Waals surface area (Å²) in [6, 6.07) is 7.04. The summed E-state index contributed by atoms with van der Waals surface area (Å²) in [5, 5.41) is 2.27. The van der Waals surface area contributed by atoms with Crippen molar-refractivity contribution in [2.45, 2.75) is 25.2 Å². The van der Waals surface area contributed by atoms with Gasteiger partial charge < -0.3 is 10.1 Å². The van der Waals surface area contributed by atoms with Gasteiger partial charge in [-0.2, -0.15) is 0 Å². The first-order valence-corrected chi connectivity index (χ1v) is 9.69. The number of nitrogens with one attached hydrogen (secondary N) is 2. The molecule has 2 N–H and O–H groups in total. The number of rotatable bonds is 8. The Morgan fingerprint density at radius 2 is 1.89 bits per heavy atom. The summed E-state index contributed by atoms with van der Waals surface area (Å²) in [6.07, 6.45) is 0.670. The molecule has 0 bridgehead atoms. The molecule has 2 aromatic carbocycles. The van der Waals surface area contributed by atoms with Crippen molar-refractivity contribution >= 4 is 21.6 Å². The number of hydrogen-bond donors (Lipinski definition) is 2. The number of amides is 1. The van der Waals surface area contributed by atoms with Gasteiger partial charge in [0.15, 0.2) is 6.61 Å². The van der Waals surface area contributed by atoms with Gasteiger partial charge >= 0.3 is 0 Å². The molecule has 0 aromatic heterocycles. The van der Waals surface area contributed by atoms with Crippen LogP contribution in [0.15, 0.2) is 41.3 Å². The van der Waals surface area contributed by atoms with Gasteiger partial charge in [-0.3, -0.25) is 4.79 Å². The van der Waals surface area contributed by atoms with Crippen molar-refractivity contribution in [3.05, 3.63) is 53.6 Å². The van der Waals surface area contributed by atoms with Crippen molar-refractivity contribution in [1.82, 2.24) is 4.72 Å². The molecule has 9 heteroatoms. The van der Waals surface area contributed by atoms with Crippen molar-refractivity contribution in [2.75, 3.05) is 18.5 Å². The molecule has 0 aliphatic rings. The monoisotopic (exact) mass is 398 g/mol. The molecule has 0 radical (unpaired) electrons. The Balaban J connectivity index is 2.00. The lowest BCUT2D eigenvalue weighted by Gasteiger charge is -2.12. The lowest BCUT2D eigenvalue weighted by Crippen LogP contribution is -2.24. The molecule has 1 amide bonds. The van der Waals surface area contributed by atoms with Crippen LogP contribution in [0.25, 0.3) is 0 Å². The molecule has 6 nitrogen and oxygen atoms in total. The fourth-order valence-corrected chi connectivity index (χ4v) is 3.41. The summed E-state index contributed by atoms with van der Waals surface area (Å²) in [7, 11) is -3.60. The second-order valence-electron chi connectivity index (χ2n) is 5.79. The Labute approximate surface area is 156 Å². The van der Waals surface area contributed by atoms with Crippen LogP contribution in [0.5, 0.6) is 5.75 Å². The molecule has 0 spiro atoms. The third kappa shape index (κ3) is 5.73. The molecular formula is C18H20F2N2O4S. The van der Waals surface area contributed by atoms with Crippen LogP contribution in [-0.2, 0) is 14.8 Å². The molecular weight excluding hydrogens is 378 g/mol. The first-order valence-electron chi connectivity index (χ1n) is 8.21. The van der Waals surface area contributed by atoms with Crippen LogP contribution in [0.3, 0.4) is 0 Å². The van der Waals surface area contributed by atoms with Gasteiger partial charge in [0.2, 0.25) is 10.0 Å². The van der Waals surface area contributed by atoms with E-state index in [0.717, 1.165) is 12.1 Å². The number of aryl methyl sites for hydroxylation is 1. The van der Waals surface area contributed by atoms with E-state index in [4.69, 9.17) is 4.74 Å². The second kappa shape index (κ2) is 8.92. The van der Waals surface area contributed by atoms with E-state index in [1.165, 1.54) is 18.2 Å². The highest BCUT2D eigenvalue weighted by atomic mass is 32.2. The van der Waals surface area contributed by atoms with E-state index in [1.54, 1.807) is 6.92 Å². The Bertz CT molecular complexity index is 933. The summed E-state index contributed by atoms with van der Waals surface area (Å²) >= 11 is 0. The number of hydrogen-bond acceptors (Lipinski definition) is 4. The molecule has 0 saturated carbocycles. The van der Waals surface area contributed by atoms with Gasteiger partial charge in [0.05, 0.1) is 10.6 Å². The van der Waals surface area contributed by atoms with Crippen molar-refractivity contribution in [3.63, 3.8) is 0 Å². The highest BCUT2D eigenvalue weighted by molar-refractivity contribution is 7.89. The Morgan fingerprint density at radius 3 is 2.52 bits per heavy atom. The number of carbonyl (C=O) groups excluding carboxylic acids is 1. The van der Waals surface area contributed by atoms with Crippen LogP contribution in [0, 0.1) is 18.6 Å². The third-order valence-electron chi connectivity index (χ3n) is 3.56. The molecule has 2 aromatic rings. The van der Waals surface area contributed by atoms with Crippen LogP contribution in [0.4, 0.5) is 14.5 Å². The van der Waals surface area contributed by atoms with Crippen molar-refractivity contribution in [1.29, 1.82) is 0 Å². The highest BCUT2D eigenvalue weighted by Crippen LogP contribution is 2.22. The van der Waals surface area contributed by atoms with Crippen LogP contribution in [0.1, 0.15) is 18.9 Å². The number of ether oxygens (including phenoxy) is 1. The van der Waals surface area contributed by atoms with Crippen LogP contribution in [-0.4, -0.2) is 27.5 Å². The van der Waals surface area contributed by atoms with Crippen molar-refractivity contribution < 1.29 is 26.7 Å².